The van der Waals surface area contributed by atoms with Crippen LogP contribution in [0, 0.1) is 6.92 Å². The van der Waals surface area contributed by atoms with Crippen molar-refractivity contribution in [2.45, 2.75) is 38.0 Å². The first kappa shape index (κ1) is 16.9. The molecule has 128 valence electrons. The largest absolute Gasteiger partial charge is 0.374 e. The van der Waals surface area contributed by atoms with Gasteiger partial charge in [0.15, 0.2) is 0 Å². The maximum atomic E-state index is 12.8. The molecule has 2 heterocycles. The third-order valence-corrected chi connectivity index (χ3v) is 5.61. The van der Waals surface area contributed by atoms with Crippen molar-refractivity contribution in [3.05, 3.63) is 21.9 Å². The standard InChI is InChI=1S/C17H26N2O3S/c1-12-4-7-15(23-12)17(20)19-9-11-22-16-13(19)5-6-14(16)21-10-8-18(2)3/h4,7,13-14,16H,5-6,8-11H2,1-3H3/t13-,14+,16+/m0/s1. The van der Waals surface area contributed by atoms with E-state index in [0.717, 1.165) is 24.3 Å². The Hall–Kier alpha value is -0.950. The lowest BCUT2D eigenvalue weighted by molar-refractivity contribution is -0.105. The van der Waals surface area contributed by atoms with Crippen LogP contribution >= 0.6 is 11.3 Å². The van der Waals surface area contributed by atoms with Gasteiger partial charge in [-0.25, -0.2) is 0 Å². The molecule has 0 unspecified atom stereocenters. The van der Waals surface area contributed by atoms with Crippen molar-refractivity contribution in [2.24, 2.45) is 0 Å². The Balaban J connectivity index is 1.63. The van der Waals surface area contributed by atoms with Crippen molar-refractivity contribution in [1.29, 1.82) is 0 Å². The van der Waals surface area contributed by atoms with Crippen molar-refractivity contribution in [2.75, 3.05) is 40.4 Å². The van der Waals surface area contributed by atoms with Gasteiger partial charge in [-0.15, -0.1) is 11.3 Å². The average Bonchev–Trinajstić information content (AvgIpc) is 3.13. The minimum Gasteiger partial charge on any atom is -0.374 e. The van der Waals surface area contributed by atoms with Gasteiger partial charge < -0.3 is 19.3 Å². The fourth-order valence-corrected chi connectivity index (χ4v) is 4.25. The van der Waals surface area contributed by atoms with E-state index in [1.165, 1.54) is 4.88 Å². The van der Waals surface area contributed by atoms with Crippen LogP contribution in [0.2, 0.25) is 0 Å². The van der Waals surface area contributed by atoms with Gasteiger partial charge in [-0.05, 0) is 46.0 Å². The van der Waals surface area contributed by atoms with Crippen molar-refractivity contribution >= 4 is 17.2 Å². The van der Waals surface area contributed by atoms with E-state index >= 15 is 0 Å². The Morgan fingerprint density at radius 3 is 2.96 bits per heavy atom. The summed E-state index contributed by atoms with van der Waals surface area (Å²) in [4.78, 5) is 18.9. The second-order valence-electron chi connectivity index (χ2n) is 6.60. The predicted molar refractivity (Wildman–Crippen MR) is 91.1 cm³/mol. The number of amides is 1. The Kier molecular flexibility index (Phi) is 5.36. The molecule has 1 aromatic rings. The normalized spacial score (nSPS) is 27.5. The number of aryl methyl sites for hydroxylation is 1. The molecular weight excluding hydrogens is 312 g/mol. The van der Waals surface area contributed by atoms with Crippen LogP contribution in [0.15, 0.2) is 12.1 Å². The molecule has 0 radical (unpaired) electrons. The zero-order valence-electron chi connectivity index (χ0n) is 14.2. The molecule has 1 aliphatic heterocycles. The molecule has 1 saturated heterocycles. The topological polar surface area (TPSA) is 42.0 Å². The van der Waals surface area contributed by atoms with Crippen molar-refractivity contribution in [3.63, 3.8) is 0 Å². The number of nitrogens with zero attached hydrogens (tertiary/aromatic N) is 2. The number of hydrogen-bond donors (Lipinski definition) is 0. The highest BCUT2D eigenvalue weighted by Gasteiger charge is 2.45. The molecule has 1 amide bonds. The lowest BCUT2D eigenvalue weighted by Crippen LogP contribution is -2.53. The fraction of sp³-hybridized carbons (Fsp3) is 0.706. The van der Waals surface area contributed by atoms with Crippen molar-refractivity contribution < 1.29 is 14.3 Å². The van der Waals surface area contributed by atoms with Gasteiger partial charge in [0, 0.05) is 18.0 Å². The first-order chi connectivity index (χ1) is 11.1. The summed E-state index contributed by atoms with van der Waals surface area (Å²) in [6.07, 6.45) is 2.07. The van der Waals surface area contributed by atoms with Gasteiger partial charge in [0.05, 0.1) is 30.2 Å². The molecule has 2 aliphatic rings. The zero-order valence-corrected chi connectivity index (χ0v) is 15.0. The van der Waals surface area contributed by atoms with Gasteiger partial charge in [-0.3, -0.25) is 4.79 Å². The van der Waals surface area contributed by atoms with E-state index in [2.05, 4.69) is 4.90 Å². The minimum atomic E-state index is 0.0240. The third kappa shape index (κ3) is 3.76. The Bertz CT molecular complexity index is 546. The molecule has 2 fully saturated rings. The smallest absolute Gasteiger partial charge is 0.264 e. The number of thiophene rings is 1. The Morgan fingerprint density at radius 1 is 1.43 bits per heavy atom. The molecule has 1 aromatic heterocycles. The van der Waals surface area contributed by atoms with Gasteiger partial charge >= 0.3 is 0 Å². The second kappa shape index (κ2) is 7.30. The van der Waals surface area contributed by atoms with Crippen LogP contribution in [0.1, 0.15) is 27.4 Å². The summed E-state index contributed by atoms with van der Waals surface area (Å²) < 4.78 is 12.0. The molecule has 0 N–H and O–H groups in total. The number of ether oxygens (including phenoxy) is 2. The molecule has 0 bridgehead atoms. The van der Waals surface area contributed by atoms with Crippen LogP contribution in [-0.4, -0.2) is 74.4 Å². The van der Waals surface area contributed by atoms with E-state index in [9.17, 15) is 4.79 Å². The van der Waals surface area contributed by atoms with Gasteiger partial charge in [-0.2, -0.15) is 0 Å². The number of likely N-dealkylation sites (N-methyl/N-ethyl adjacent to an activating group) is 1. The van der Waals surface area contributed by atoms with Crippen LogP contribution in [0.4, 0.5) is 0 Å². The van der Waals surface area contributed by atoms with Crippen LogP contribution in [0.3, 0.4) is 0 Å². The predicted octanol–water partition coefficient (Wildman–Crippen LogP) is 2.01. The van der Waals surface area contributed by atoms with E-state index in [1.807, 2.05) is 38.1 Å². The van der Waals surface area contributed by atoms with E-state index in [4.69, 9.17) is 9.47 Å². The van der Waals surface area contributed by atoms with Crippen LogP contribution in [0.25, 0.3) is 0 Å². The van der Waals surface area contributed by atoms with Gasteiger partial charge in [0.1, 0.15) is 6.10 Å². The number of morpholine rings is 1. The summed E-state index contributed by atoms with van der Waals surface area (Å²) >= 11 is 1.57. The molecule has 1 aliphatic carbocycles. The first-order valence-corrected chi connectivity index (χ1v) is 9.13. The number of fused-ring (bicyclic) bond motifs is 1. The molecule has 1 saturated carbocycles. The third-order valence-electron chi connectivity index (χ3n) is 4.62. The fourth-order valence-electron chi connectivity index (χ4n) is 3.42. The van der Waals surface area contributed by atoms with Crippen molar-refractivity contribution in [1.82, 2.24) is 9.80 Å². The lowest BCUT2D eigenvalue weighted by Gasteiger charge is -2.39. The molecule has 5 nitrogen and oxygen atoms in total. The average molecular weight is 338 g/mol. The highest BCUT2D eigenvalue weighted by atomic mass is 32.1. The summed E-state index contributed by atoms with van der Waals surface area (Å²) in [5, 5.41) is 0. The summed E-state index contributed by atoms with van der Waals surface area (Å²) in [7, 11) is 4.09. The summed E-state index contributed by atoms with van der Waals surface area (Å²) in [5.41, 5.74) is 0. The number of carbonyl (C=O) groups excluding carboxylic acids is 1. The molecule has 0 aromatic carbocycles. The van der Waals surface area contributed by atoms with Gasteiger partial charge in [0.25, 0.3) is 5.91 Å². The monoisotopic (exact) mass is 338 g/mol. The van der Waals surface area contributed by atoms with E-state index in [1.54, 1.807) is 11.3 Å². The number of hydrogen-bond acceptors (Lipinski definition) is 5. The molecule has 23 heavy (non-hydrogen) atoms. The summed E-state index contributed by atoms with van der Waals surface area (Å²) in [6.45, 7) is 4.94. The quantitative estimate of drug-likeness (QED) is 0.824. The first-order valence-electron chi connectivity index (χ1n) is 8.31. The molecule has 0 spiro atoms. The van der Waals surface area contributed by atoms with E-state index in [-0.39, 0.29) is 24.2 Å². The molecule has 6 heteroatoms. The van der Waals surface area contributed by atoms with Crippen molar-refractivity contribution in [3.8, 4) is 0 Å². The van der Waals surface area contributed by atoms with E-state index < -0.39 is 0 Å². The number of rotatable bonds is 5. The maximum absolute atomic E-state index is 12.8. The highest BCUT2D eigenvalue weighted by molar-refractivity contribution is 7.13. The SMILES string of the molecule is Cc1ccc(C(=O)N2CCO[C@H]3[C@H](OCCN(C)C)CC[C@@H]32)s1. The highest BCUT2D eigenvalue weighted by Crippen LogP contribution is 2.33. The maximum Gasteiger partial charge on any atom is 0.264 e. The zero-order chi connectivity index (χ0) is 16.4. The Labute approximate surface area is 142 Å². The summed E-state index contributed by atoms with van der Waals surface area (Å²) in [5.74, 6) is 0.148. The van der Waals surface area contributed by atoms with Gasteiger partial charge in [0.2, 0.25) is 0 Å². The van der Waals surface area contributed by atoms with Crippen LogP contribution < -0.4 is 0 Å². The molecular formula is C17H26N2O3S. The van der Waals surface area contributed by atoms with Crippen LogP contribution in [-0.2, 0) is 9.47 Å². The lowest BCUT2D eigenvalue weighted by atomic mass is 10.1. The minimum absolute atomic E-state index is 0.0240. The Morgan fingerprint density at radius 2 is 2.26 bits per heavy atom. The molecule has 3 atom stereocenters. The van der Waals surface area contributed by atoms with Gasteiger partial charge in [-0.1, -0.05) is 0 Å². The van der Waals surface area contributed by atoms with Crippen LogP contribution in [0.5, 0.6) is 0 Å². The number of carbonyl (C=O) groups is 1. The molecule has 3 rings (SSSR count). The second-order valence-corrected chi connectivity index (χ2v) is 7.89. The van der Waals surface area contributed by atoms with E-state index in [0.29, 0.717) is 19.8 Å². The summed E-state index contributed by atoms with van der Waals surface area (Å²) in [6, 6.07) is 4.10.